The van der Waals surface area contributed by atoms with Crippen molar-refractivity contribution in [3.05, 3.63) is 90.8 Å². The van der Waals surface area contributed by atoms with Gasteiger partial charge in [0, 0.05) is 30.8 Å². The maximum atomic E-state index is 14.1. The molecular formula is C31H31N3O5S. The molecule has 206 valence electrons. The van der Waals surface area contributed by atoms with Crippen LogP contribution >= 0.6 is 11.3 Å². The second kappa shape index (κ2) is 10.8. The van der Waals surface area contributed by atoms with E-state index in [1.807, 2.05) is 48.5 Å². The number of furan rings is 1. The molecule has 2 aliphatic heterocycles. The predicted octanol–water partition coefficient (Wildman–Crippen LogP) is 4.54. The molecule has 0 spiro atoms. The number of aromatic nitrogens is 1. The monoisotopic (exact) mass is 557 g/mol. The van der Waals surface area contributed by atoms with Crippen LogP contribution in [0.1, 0.15) is 50.5 Å². The van der Waals surface area contributed by atoms with Gasteiger partial charge in [0.1, 0.15) is 17.6 Å². The smallest absolute Gasteiger partial charge is 0.338 e. The van der Waals surface area contributed by atoms with Crippen molar-refractivity contribution in [2.24, 2.45) is 4.99 Å². The number of hydrogen-bond donors (Lipinski definition) is 0. The Kier molecular flexibility index (Phi) is 7.06. The zero-order chi connectivity index (χ0) is 27.8. The van der Waals surface area contributed by atoms with E-state index in [4.69, 9.17) is 18.9 Å². The highest BCUT2D eigenvalue weighted by Crippen LogP contribution is 2.40. The lowest BCUT2D eigenvalue weighted by Gasteiger charge is -2.27. The van der Waals surface area contributed by atoms with Gasteiger partial charge in [-0.2, -0.15) is 0 Å². The average Bonchev–Trinajstić information content (AvgIpc) is 3.56. The molecule has 0 amide bonds. The molecule has 40 heavy (non-hydrogen) atoms. The number of carbonyl (C=O) groups is 1. The van der Waals surface area contributed by atoms with Crippen molar-refractivity contribution in [2.75, 3.05) is 31.7 Å². The first-order chi connectivity index (χ1) is 19.5. The summed E-state index contributed by atoms with van der Waals surface area (Å²) in [6.45, 7) is 5.69. The second-order valence-electron chi connectivity index (χ2n) is 9.93. The third-order valence-electron chi connectivity index (χ3n) is 7.49. The molecule has 0 N–H and O–H groups in total. The molecule has 2 aliphatic rings. The van der Waals surface area contributed by atoms with Crippen molar-refractivity contribution >= 4 is 40.0 Å². The molecule has 1 atom stereocenters. The summed E-state index contributed by atoms with van der Waals surface area (Å²) in [6.07, 6.45) is 5.29. The van der Waals surface area contributed by atoms with Crippen molar-refractivity contribution in [3.63, 3.8) is 0 Å². The second-order valence-corrected chi connectivity index (χ2v) is 10.9. The Morgan fingerprint density at radius 2 is 1.93 bits per heavy atom. The van der Waals surface area contributed by atoms with Gasteiger partial charge in [-0.05, 0) is 56.0 Å². The molecule has 8 nitrogen and oxygen atoms in total. The Bertz CT molecular complexity index is 1810. The molecule has 4 heterocycles. The van der Waals surface area contributed by atoms with Gasteiger partial charge >= 0.3 is 5.97 Å². The first-order valence-corrected chi connectivity index (χ1v) is 14.4. The van der Waals surface area contributed by atoms with E-state index in [1.165, 1.54) is 17.8 Å². The number of hydrogen-bond acceptors (Lipinski definition) is 8. The fraction of sp³-hybridized carbons (Fsp3) is 0.323. The van der Waals surface area contributed by atoms with Gasteiger partial charge < -0.3 is 18.8 Å². The summed E-state index contributed by atoms with van der Waals surface area (Å²) in [6, 6.07) is 14.8. The van der Waals surface area contributed by atoms with Gasteiger partial charge in [-0.3, -0.25) is 9.36 Å². The lowest BCUT2D eigenvalue weighted by atomic mass is 9.90. The number of carbonyl (C=O) groups excluding carboxylic acids is 1. The van der Waals surface area contributed by atoms with Gasteiger partial charge in [0.15, 0.2) is 10.7 Å². The maximum absolute atomic E-state index is 14.1. The maximum Gasteiger partial charge on any atom is 0.338 e. The van der Waals surface area contributed by atoms with Crippen molar-refractivity contribution in [1.29, 1.82) is 0 Å². The van der Waals surface area contributed by atoms with Crippen LogP contribution in [0.25, 0.3) is 16.8 Å². The minimum atomic E-state index is -0.779. The predicted molar refractivity (Wildman–Crippen MR) is 156 cm³/mol. The molecule has 2 aromatic carbocycles. The highest BCUT2D eigenvalue weighted by molar-refractivity contribution is 7.07. The zero-order valence-electron chi connectivity index (χ0n) is 22.8. The third kappa shape index (κ3) is 4.54. The number of benzene rings is 2. The van der Waals surface area contributed by atoms with Gasteiger partial charge in [-0.15, -0.1) is 0 Å². The number of esters is 1. The zero-order valence-corrected chi connectivity index (χ0v) is 23.6. The van der Waals surface area contributed by atoms with Crippen LogP contribution in [0.15, 0.2) is 74.0 Å². The van der Waals surface area contributed by atoms with E-state index in [0.29, 0.717) is 32.1 Å². The molecule has 0 radical (unpaired) electrons. The molecule has 0 unspecified atom stereocenters. The standard InChI is InChI=1S/C31H31N3O5S/c1-4-38-30(36)26-19(2)32-31-34(28(26)27-22-11-7-6-10-20(22)12-14-23(27)37-3)29(35)24(40-31)18-21-13-15-25(39-21)33-16-8-5-9-17-33/h6-7,10-15,18,28H,4-5,8-9,16-17H2,1-3H3/b24-18-/t28-/m0/s1. The van der Waals surface area contributed by atoms with E-state index >= 15 is 0 Å². The summed E-state index contributed by atoms with van der Waals surface area (Å²) in [7, 11) is 1.59. The molecule has 0 saturated carbocycles. The van der Waals surface area contributed by atoms with Crippen molar-refractivity contribution < 1.29 is 18.7 Å². The number of ether oxygens (including phenoxy) is 2. The molecule has 4 aromatic rings. The number of piperidine rings is 1. The number of allylic oxidation sites excluding steroid dienone is 1. The SMILES string of the molecule is CCOC(=O)C1=C(C)N=c2s/c(=C\c3ccc(N4CCCCC4)o3)c(=O)n2[C@@H]1c1c(OC)ccc2ccccc12. The van der Waals surface area contributed by atoms with Crippen molar-refractivity contribution in [2.45, 2.75) is 39.2 Å². The topological polar surface area (TPSA) is 86.3 Å². The molecule has 2 aromatic heterocycles. The van der Waals surface area contributed by atoms with Crippen LogP contribution in [-0.2, 0) is 9.53 Å². The van der Waals surface area contributed by atoms with Crippen LogP contribution in [0.2, 0.25) is 0 Å². The summed E-state index contributed by atoms with van der Waals surface area (Å²) in [5.74, 6) is 1.49. The van der Waals surface area contributed by atoms with Crippen LogP contribution in [-0.4, -0.2) is 37.3 Å². The summed E-state index contributed by atoms with van der Waals surface area (Å²) in [5, 5.41) is 1.86. The van der Waals surface area contributed by atoms with Gasteiger partial charge in [-0.25, -0.2) is 9.79 Å². The van der Waals surface area contributed by atoms with E-state index in [9.17, 15) is 9.59 Å². The molecule has 1 fully saturated rings. The number of methoxy groups -OCH3 is 1. The van der Waals surface area contributed by atoms with Crippen molar-refractivity contribution in [3.8, 4) is 5.75 Å². The Labute approximate surface area is 235 Å². The first-order valence-electron chi connectivity index (χ1n) is 13.6. The number of fused-ring (bicyclic) bond motifs is 2. The lowest BCUT2D eigenvalue weighted by Crippen LogP contribution is -2.40. The minimum absolute atomic E-state index is 0.206. The largest absolute Gasteiger partial charge is 0.496 e. The Morgan fingerprint density at radius 1 is 1.12 bits per heavy atom. The van der Waals surface area contributed by atoms with Crippen LogP contribution < -0.4 is 24.5 Å². The van der Waals surface area contributed by atoms with Crippen molar-refractivity contribution in [1.82, 2.24) is 4.57 Å². The molecule has 0 bridgehead atoms. The first kappa shape index (κ1) is 26.1. The quantitative estimate of drug-likeness (QED) is 0.324. The fourth-order valence-corrected chi connectivity index (χ4v) is 6.66. The van der Waals surface area contributed by atoms with E-state index in [-0.39, 0.29) is 12.2 Å². The van der Waals surface area contributed by atoms with Crippen LogP contribution in [0, 0.1) is 0 Å². The highest BCUT2D eigenvalue weighted by atomic mass is 32.1. The molecule has 1 saturated heterocycles. The van der Waals surface area contributed by atoms with E-state index in [1.54, 1.807) is 31.6 Å². The van der Waals surface area contributed by atoms with Gasteiger partial charge in [-0.1, -0.05) is 41.7 Å². The third-order valence-corrected chi connectivity index (χ3v) is 8.48. The number of nitrogens with zero attached hydrogens (tertiary/aromatic N) is 3. The van der Waals surface area contributed by atoms with E-state index in [2.05, 4.69) is 4.90 Å². The highest BCUT2D eigenvalue weighted by Gasteiger charge is 2.36. The summed E-state index contributed by atoms with van der Waals surface area (Å²) in [4.78, 5) is 34.9. The number of rotatable bonds is 6. The van der Waals surface area contributed by atoms with E-state index < -0.39 is 12.0 Å². The van der Waals surface area contributed by atoms with Gasteiger partial charge in [0.05, 0.1) is 29.5 Å². The molecular weight excluding hydrogens is 526 g/mol. The Hall–Kier alpha value is -4.11. The fourth-order valence-electron chi connectivity index (χ4n) is 5.63. The van der Waals surface area contributed by atoms with Crippen LogP contribution in [0.4, 0.5) is 5.88 Å². The summed E-state index contributed by atoms with van der Waals surface area (Å²) < 4.78 is 19.5. The van der Waals surface area contributed by atoms with Crippen LogP contribution in [0.3, 0.4) is 0 Å². The number of anilines is 1. The van der Waals surface area contributed by atoms with E-state index in [0.717, 1.165) is 48.2 Å². The molecule has 6 rings (SSSR count). The molecule has 0 aliphatic carbocycles. The van der Waals surface area contributed by atoms with Gasteiger partial charge in [0.25, 0.3) is 5.56 Å². The number of thiazole rings is 1. The average molecular weight is 558 g/mol. The lowest BCUT2D eigenvalue weighted by molar-refractivity contribution is -0.139. The Morgan fingerprint density at radius 3 is 2.70 bits per heavy atom. The molecule has 9 heteroatoms. The minimum Gasteiger partial charge on any atom is -0.496 e. The van der Waals surface area contributed by atoms with Crippen LogP contribution in [0.5, 0.6) is 5.75 Å². The summed E-state index contributed by atoms with van der Waals surface area (Å²) >= 11 is 1.28. The Balaban J connectivity index is 1.55. The summed E-state index contributed by atoms with van der Waals surface area (Å²) in [5.41, 5.74) is 1.29. The van der Waals surface area contributed by atoms with Gasteiger partial charge in [0.2, 0.25) is 0 Å². The normalized spacial score (nSPS) is 17.6.